The second kappa shape index (κ2) is 11.5. The minimum absolute atomic E-state index is 0.0569. The van der Waals surface area contributed by atoms with E-state index in [1.807, 2.05) is 0 Å². The van der Waals surface area contributed by atoms with Crippen LogP contribution in [-0.4, -0.2) is 39.4 Å². The largest absolute Gasteiger partial charge is 0.481 e. The molecule has 1 unspecified atom stereocenters. The first-order valence-corrected chi connectivity index (χ1v) is 16.0. The first kappa shape index (κ1) is 29.2. The van der Waals surface area contributed by atoms with Crippen LogP contribution >= 0.6 is 7.14 Å². The Labute approximate surface area is 240 Å². The summed E-state index contributed by atoms with van der Waals surface area (Å²) in [6, 6.07) is 11.8. The van der Waals surface area contributed by atoms with Crippen molar-refractivity contribution >= 4 is 24.0 Å². The highest BCUT2D eigenvalue weighted by Crippen LogP contribution is 2.46. The number of rotatable bonds is 10. The average Bonchev–Trinajstić information content (AvgIpc) is 3.60. The molecular formula is C31H29F3N3O4P. The van der Waals surface area contributed by atoms with Gasteiger partial charge in [0.2, 0.25) is 0 Å². The Bertz CT molecular complexity index is 1840. The second-order valence-corrected chi connectivity index (χ2v) is 14.2. The first-order valence-electron chi connectivity index (χ1n) is 13.3. The highest BCUT2D eigenvalue weighted by atomic mass is 31.2. The maximum Gasteiger partial charge on any atom is 0.303 e. The minimum atomic E-state index is -2.62. The number of nitrogens with one attached hydrogen (secondary N) is 2. The van der Waals surface area contributed by atoms with E-state index in [0.717, 1.165) is 0 Å². The average molecular weight is 596 g/mol. The van der Waals surface area contributed by atoms with Crippen molar-refractivity contribution < 1.29 is 32.4 Å². The van der Waals surface area contributed by atoms with E-state index in [4.69, 9.17) is 9.84 Å². The Hall–Kier alpha value is -4.30. The molecule has 0 aliphatic carbocycles. The van der Waals surface area contributed by atoms with Gasteiger partial charge in [0.15, 0.2) is 11.6 Å². The summed E-state index contributed by atoms with van der Waals surface area (Å²) in [4.78, 5) is 21.3. The maximum atomic E-state index is 15.2. The summed E-state index contributed by atoms with van der Waals surface area (Å²) < 4.78 is 64.1. The Morgan fingerprint density at radius 3 is 2.62 bits per heavy atom. The van der Waals surface area contributed by atoms with Crippen LogP contribution < -0.4 is 4.74 Å². The van der Waals surface area contributed by atoms with Crippen molar-refractivity contribution in [3.63, 3.8) is 0 Å². The molecule has 0 radical (unpaired) electrons. The Kier molecular flexibility index (Phi) is 8.01. The van der Waals surface area contributed by atoms with Crippen LogP contribution in [0.4, 0.5) is 13.2 Å². The fraction of sp³-hybridized carbons (Fsp3) is 0.226. The van der Waals surface area contributed by atoms with Crippen molar-refractivity contribution in [2.24, 2.45) is 0 Å². The molecule has 0 aliphatic heterocycles. The van der Waals surface area contributed by atoms with Crippen LogP contribution in [0.1, 0.15) is 41.6 Å². The molecule has 11 heteroatoms. The molecule has 5 rings (SSSR count). The number of halogens is 3. The molecule has 2 aromatic heterocycles. The summed E-state index contributed by atoms with van der Waals surface area (Å²) in [6.07, 6.45) is 3.11. The molecule has 0 spiro atoms. The van der Waals surface area contributed by atoms with Gasteiger partial charge in [0.05, 0.1) is 12.7 Å². The Morgan fingerprint density at radius 2 is 1.88 bits per heavy atom. The lowest BCUT2D eigenvalue weighted by molar-refractivity contribution is -0.136. The monoisotopic (exact) mass is 595 g/mol. The molecule has 0 bridgehead atoms. The molecule has 7 nitrogen and oxygen atoms in total. The number of aliphatic carboxylic acids is 1. The normalized spacial score (nSPS) is 12.5. The van der Waals surface area contributed by atoms with Crippen molar-refractivity contribution in [2.45, 2.75) is 31.8 Å². The van der Waals surface area contributed by atoms with Crippen LogP contribution in [0.15, 0.2) is 60.9 Å². The number of aromatic nitrogens is 3. The second-order valence-electron chi connectivity index (χ2n) is 10.7. The summed E-state index contributed by atoms with van der Waals surface area (Å²) in [5, 5.41) is 9.64. The topological polar surface area (TPSA) is 108 Å². The lowest BCUT2D eigenvalue weighted by atomic mass is 9.94. The standard InChI is InChI=1S/C31H29F3N3O4P/c1-17(20-6-4-5-18(29(20)34)7-10-28(38)39)27-15-36-31(37-27)22-13-19(8-9-24(22)32)41-30-23(16-42(2,3)40)21-11-12-35-26(21)14-25(30)33/h4-6,8-9,11-15,17,35H,7,10,16H2,1-3H3,(H,36,37)(H,38,39). The molecule has 3 aromatic carbocycles. The number of carboxylic acids is 1. The van der Waals surface area contributed by atoms with Crippen LogP contribution in [0.2, 0.25) is 0 Å². The SMILES string of the molecule is CC(c1cnc(-c2cc(Oc3c(F)cc4[nH]ccc4c3CP(C)(C)=O)ccc2F)[nH]1)c1cccc(CCC(=O)O)c1F. The number of H-pyrrole nitrogens is 2. The van der Waals surface area contributed by atoms with Gasteiger partial charge in [-0.05, 0) is 55.1 Å². The molecule has 0 fully saturated rings. The highest BCUT2D eigenvalue weighted by Gasteiger charge is 2.23. The molecule has 0 amide bonds. The molecule has 0 saturated heterocycles. The van der Waals surface area contributed by atoms with Crippen LogP contribution in [-0.2, 0) is 21.9 Å². The molecule has 0 aliphatic rings. The molecule has 0 saturated carbocycles. The lowest BCUT2D eigenvalue weighted by Crippen LogP contribution is -2.05. The van der Waals surface area contributed by atoms with E-state index in [1.165, 1.54) is 30.5 Å². The predicted octanol–water partition coefficient (Wildman–Crippen LogP) is 8.06. The third-order valence-electron chi connectivity index (χ3n) is 7.06. The highest BCUT2D eigenvalue weighted by molar-refractivity contribution is 7.61. The number of hydrogen-bond donors (Lipinski definition) is 3. The van der Waals surface area contributed by atoms with Gasteiger partial charge in [0.25, 0.3) is 0 Å². The molecule has 3 N–H and O–H groups in total. The summed E-state index contributed by atoms with van der Waals surface area (Å²) in [6.45, 7) is 4.99. The van der Waals surface area contributed by atoms with E-state index in [0.29, 0.717) is 33.3 Å². The maximum absolute atomic E-state index is 15.2. The predicted molar refractivity (Wildman–Crippen MR) is 155 cm³/mol. The van der Waals surface area contributed by atoms with E-state index in [2.05, 4.69) is 15.0 Å². The quantitative estimate of drug-likeness (QED) is 0.142. The van der Waals surface area contributed by atoms with Gasteiger partial charge in [-0.15, -0.1) is 0 Å². The van der Waals surface area contributed by atoms with Crippen molar-refractivity contribution in [1.82, 2.24) is 15.0 Å². The summed E-state index contributed by atoms with van der Waals surface area (Å²) >= 11 is 0. The zero-order valence-electron chi connectivity index (χ0n) is 23.2. The molecule has 1 atom stereocenters. The third-order valence-corrected chi connectivity index (χ3v) is 8.14. The Balaban J connectivity index is 1.46. The van der Waals surface area contributed by atoms with Gasteiger partial charge in [-0.25, -0.2) is 18.2 Å². The van der Waals surface area contributed by atoms with E-state index < -0.39 is 36.5 Å². The van der Waals surface area contributed by atoms with Gasteiger partial charge in [-0.1, -0.05) is 25.1 Å². The number of aryl methyl sites for hydroxylation is 1. The van der Waals surface area contributed by atoms with E-state index in [9.17, 15) is 9.36 Å². The zero-order chi connectivity index (χ0) is 30.2. The van der Waals surface area contributed by atoms with Gasteiger partial charge in [-0.3, -0.25) is 4.79 Å². The Morgan fingerprint density at radius 1 is 1.10 bits per heavy atom. The van der Waals surface area contributed by atoms with Crippen LogP contribution in [0.3, 0.4) is 0 Å². The van der Waals surface area contributed by atoms with Crippen LogP contribution in [0, 0.1) is 17.5 Å². The van der Waals surface area contributed by atoms with Crippen molar-refractivity contribution in [1.29, 1.82) is 0 Å². The van der Waals surface area contributed by atoms with Gasteiger partial charge in [0.1, 0.15) is 23.2 Å². The molecule has 5 aromatic rings. The number of aromatic amines is 2. The summed E-state index contributed by atoms with van der Waals surface area (Å²) in [5.41, 5.74) is 2.21. The van der Waals surface area contributed by atoms with Gasteiger partial charge in [0, 0.05) is 59.1 Å². The number of nitrogens with zero attached hydrogens (tertiary/aromatic N) is 1. The fourth-order valence-corrected chi connectivity index (χ4v) is 6.04. The molecular weight excluding hydrogens is 566 g/mol. The van der Waals surface area contributed by atoms with Crippen molar-refractivity contribution in [3.05, 3.63) is 101 Å². The minimum Gasteiger partial charge on any atom is -0.481 e. The van der Waals surface area contributed by atoms with E-state index in [1.54, 1.807) is 50.7 Å². The van der Waals surface area contributed by atoms with E-state index >= 15 is 13.2 Å². The molecule has 42 heavy (non-hydrogen) atoms. The number of carbonyl (C=O) groups is 1. The van der Waals surface area contributed by atoms with E-state index in [-0.39, 0.29) is 41.9 Å². The number of carboxylic acid groups (broad SMARTS) is 1. The van der Waals surface area contributed by atoms with Gasteiger partial charge < -0.3 is 24.4 Å². The zero-order valence-corrected chi connectivity index (χ0v) is 24.1. The molecule has 2 heterocycles. The number of fused-ring (bicyclic) bond motifs is 1. The fourth-order valence-electron chi connectivity index (χ4n) is 4.97. The summed E-state index contributed by atoms with van der Waals surface area (Å²) in [7, 11) is -2.62. The number of benzene rings is 3. The lowest BCUT2D eigenvalue weighted by Gasteiger charge is -2.16. The number of imidazole rings is 1. The van der Waals surface area contributed by atoms with Crippen LogP contribution in [0.5, 0.6) is 11.5 Å². The summed E-state index contributed by atoms with van der Waals surface area (Å²) in [5.74, 6) is -3.05. The van der Waals surface area contributed by atoms with Gasteiger partial charge in [-0.2, -0.15) is 0 Å². The smallest absolute Gasteiger partial charge is 0.303 e. The number of ether oxygens (including phenoxy) is 1. The van der Waals surface area contributed by atoms with Crippen LogP contribution in [0.25, 0.3) is 22.3 Å². The third kappa shape index (κ3) is 6.14. The number of hydrogen-bond acceptors (Lipinski definition) is 4. The first-order chi connectivity index (χ1) is 19.9. The van der Waals surface area contributed by atoms with Crippen molar-refractivity contribution in [3.8, 4) is 22.9 Å². The molecule has 218 valence electrons. The van der Waals surface area contributed by atoms with Gasteiger partial charge >= 0.3 is 5.97 Å². The van der Waals surface area contributed by atoms with Crippen molar-refractivity contribution in [2.75, 3.05) is 13.3 Å².